The molecule has 0 bridgehead atoms. The molecule has 1 amide bonds. The number of hydrogen-bond donors (Lipinski definition) is 1. The summed E-state index contributed by atoms with van der Waals surface area (Å²) >= 11 is 1.40. The number of carbonyl (C=O) groups excluding carboxylic acids is 1. The van der Waals surface area contributed by atoms with Gasteiger partial charge < -0.3 is 15.5 Å². The van der Waals surface area contributed by atoms with Gasteiger partial charge in [0.05, 0.1) is 15.1 Å². The number of anilines is 1. The smallest absolute Gasteiger partial charge is 0.258 e. The van der Waals surface area contributed by atoms with Crippen LogP contribution in [0.25, 0.3) is 10.2 Å². The Kier molecular flexibility index (Phi) is 4.60. The van der Waals surface area contributed by atoms with Crippen molar-refractivity contribution in [3.8, 4) is 0 Å². The normalized spacial score (nSPS) is 21.1. The molecule has 7 heteroatoms. The molecular formula is C18H25N5OS. The minimum absolute atomic E-state index is 0.396. The number of carbonyl (C=O) groups is 1. The number of primary amides is 1. The number of rotatable bonds is 4. The number of thiophene rings is 1. The quantitative estimate of drug-likeness (QED) is 0.908. The van der Waals surface area contributed by atoms with E-state index in [1.165, 1.54) is 50.1 Å². The number of hydrogen-bond acceptors (Lipinski definition) is 6. The average molecular weight is 359 g/mol. The van der Waals surface area contributed by atoms with Crippen molar-refractivity contribution in [1.82, 2.24) is 14.9 Å². The van der Waals surface area contributed by atoms with Crippen LogP contribution in [0.15, 0.2) is 12.4 Å². The standard InChI is InChI=1S/C18H25N5OS/c1-12(22-6-2-3-7-22)13-4-8-23(9-5-13)18-16-14(20-11-21-18)10-15(25-16)17(19)24/h10-13H,2-9H2,1H3,(H2,19,24). The molecular weight excluding hydrogens is 334 g/mol. The van der Waals surface area contributed by atoms with Crippen LogP contribution in [-0.2, 0) is 0 Å². The molecule has 2 fully saturated rings. The zero-order valence-electron chi connectivity index (χ0n) is 14.6. The fourth-order valence-electron chi connectivity index (χ4n) is 4.23. The lowest BCUT2D eigenvalue weighted by molar-refractivity contribution is 0.100. The highest BCUT2D eigenvalue weighted by Gasteiger charge is 2.30. The lowest BCUT2D eigenvalue weighted by Gasteiger charge is -2.38. The molecule has 0 saturated carbocycles. The van der Waals surface area contributed by atoms with Crippen LogP contribution < -0.4 is 10.6 Å². The average Bonchev–Trinajstić information content (AvgIpc) is 3.30. The van der Waals surface area contributed by atoms with Crippen LogP contribution in [0.1, 0.15) is 42.3 Å². The lowest BCUT2D eigenvalue weighted by atomic mass is 9.89. The van der Waals surface area contributed by atoms with Crippen molar-refractivity contribution in [2.75, 3.05) is 31.1 Å². The number of aromatic nitrogens is 2. The van der Waals surface area contributed by atoms with E-state index < -0.39 is 5.91 Å². The van der Waals surface area contributed by atoms with Gasteiger partial charge in [0.1, 0.15) is 12.1 Å². The first-order valence-corrected chi connectivity index (χ1v) is 9.98. The maximum atomic E-state index is 11.5. The predicted octanol–water partition coefficient (Wildman–Crippen LogP) is 2.49. The van der Waals surface area contributed by atoms with Crippen molar-refractivity contribution in [2.24, 2.45) is 11.7 Å². The van der Waals surface area contributed by atoms with E-state index >= 15 is 0 Å². The Morgan fingerprint density at radius 2 is 1.96 bits per heavy atom. The molecule has 2 N–H and O–H groups in total. The highest BCUT2D eigenvalue weighted by atomic mass is 32.1. The van der Waals surface area contributed by atoms with Crippen LogP contribution in [0.5, 0.6) is 0 Å². The maximum absolute atomic E-state index is 11.5. The fraction of sp³-hybridized carbons (Fsp3) is 0.611. The van der Waals surface area contributed by atoms with E-state index in [-0.39, 0.29) is 0 Å². The summed E-state index contributed by atoms with van der Waals surface area (Å²) in [6, 6.07) is 2.45. The number of fused-ring (bicyclic) bond motifs is 1. The van der Waals surface area contributed by atoms with Gasteiger partial charge in [0.2, 0.25) is 0 Å². The highest BCUT2D eigenvalue weighted by Crippen LogP contribution is 2.34. The molecule has 1 atom stereocenters. The first kappa shape index (κ1) is 16.7. The molecule has 25 heavy (non-hydrogen) atoms. The SMILES string of the molecule is CC(C1CCN(c2ncnc3cc(C(N)=O)sc23)CC1)N1CCCC1. The molecule has 0 aromatic carbocycles. The van der Waals surface area contributed by atoms with Gasteiger partial charge in [-0.15, -0.1) is 11.3 Å². The van der Waals surface area contributed by atoms with E-state index in [0.29, 0.717) is 10.9 Å². The molecule has 2 aromatic rings. The number of likely N-dealkylation sites (tertiary alicyclic amines) is 1. The van der Waals surface area contributed by atoms with Crippen LogP contribution >= 0.6 is 11.3 Å². The molecule has 1 unspecified atom stereocenters. The van der Waals surface area contributed by atoms with Gasteiger partial charge in [-0.25, -0.2) is 9.97 Å². The fourth-order valence-corrected chi connectivity index (χ4v) is 5.21. The summed E-state index contributed by atoms with van der Waals surface area (Å²) < 4.78 is 0.974. The zero-order valence-corrected chi connectivity index (χ0v) is 15.5. The summed E-state index contributed by atoms with van der Waals surface area (Å²) in [6.45, 7) is 6.95. The zero-order chi connectivity index (χ0) is 17.4. The molecule has 2 aliphatic heterocycles. The van der Waals surface area contributed by atoms with Crippen LogP contribution in [0.4, 0.5) is 5.82 Å². The van der Waals surface area contributed by atoms with Gasteiger partial charge >= 0.3 is 0 Å². The van der Waals surface area contributed by atoms with Crippen molar-refractivity contribution < 1.29 is 4.79 Å². The van der Waals surface area contributed by atoms with Gasteiger partial charge in [-0.05, 0) is 57.7 Å². The number of nitrogens with two attached hydrogens (primary N) is 1. The van der Waals surface area contributed by atoms with Gasteiger partial charge in [0.25, 0.3) is 5.91 Å². The summed E-state index contributed by atoms with van der Waals surface area (Å²) in [5, 5.41) is 0. The minimum Gasteiger partial charge on any atom is -0.365 e. The van der Waals surface area contributed by atoms with E-state index in [2.05, 4.69) is 26.7 Å². The lowest BCUT2D eigenvalue weighted by Crippen LogP contribution is -2.43. The molecule has 0 spiro atoms. The van der Waals surface area contributed by atoms with E-state index in [0.717, 1.165) is 35.0 Å². The topological polar surface area (TPSA) is 75.4 Å². The summed E-state index contributed by atoms with van der Waals surface area (Å²) in [7, 11) is 0. The minimum atomic E-state index is -0.396. The Morgan fingerprint density at radius 1 is 1.24 bits per heavy atom. The highest BCUT2D eigenvalue weighted by molar-refractivity contribution is 7.21. The summed E-state index contributed by atoms with van der Waals surface area (Å²) in [5.41, 5.74) is 6.24. The molecule has 0 radical (unpaired) electrons. The van der Waals surface area contributed by atoms with Crippen molar-refractivity contribution in [3.05, 3.63) is 17.3 Å². The first-order chi connectivity index (χ1) is 12.1. The third kappa shape index (κ3) is 3.22. The van der Waals surface area contributed by atoms with Crippen LogP contribution in [0.2, 0.25) is 0 Å². The Balaban J connectivity index is 1.49. The molecule has 2 saturated heterocycles. The Labute approximate surface area is 152 Å². The Morgan fingerprint density at radius 3 is 2.64 bits per heavy atom. The van der Waals surface area contributed by atoms with Crippen molar-refractivity contribution in [2.45, 2.75) is 38.6 Å². The van der Waals surface area contributed by atoms with Crippen molar-refractivity contribution in [1.29, 1.82) is 0 Å². The molecule has 134 valence electrons. The van der Waals surface area contributed by atoms with Crippen LogP contribution in [-0.4, -0.2) is 53.0 Å². The number of nitrogens with zero attached hydrogens (tertiary/aromatic N) is 4. The van der Waals surface area contributed by atoms with Gasteiger partial charge in [-0.2, -0.15) is 0 Å². The third-order valence-corrected chi connectivity index (χ3v) is 6.91. The molecule has 2 aliphatic rings. The Hall–Kier alpha value is -1.73. The van der Waals surface area contributed by atoms with E-state index in [1.807, 2.05) is 0 Å². The predicted molar refractivity (Wildman–Crippen MR) is 101 cm³/mol. The second kappa shape index (κ2) is 6.88. The van der Waals surface area contributed by atoms with E-state index in [4.69, 9.17) is 5.73 Å². The third-order valence-electron chi connectivity index (χ3n) is 5.77. The van der Waals surface area contributed by atoms with Crippen molar-refractivity contribution >= 4 is 33.3 Å². The number of amides is 1. The van der Waals surface area contributed by atoms with E-state index in [9.17, 15) is 4.79 Å². The Bertz CT molecular complexity index is 762. The van der Waals surface area contributed by atoms with Crippen molar-refractivity contribution in [3.63, 3.8) is 0 Å². The molecule has 0 aliphatic carbocycles. The second-order valence-corrected chi connectivity index (χ2v) is 8.25. The largest absolute Gasteiger partial charge is 0.365 e. The van der Waals surface area contributed by atoms with Crippen LogP contribution in [0, 0.1) is 5.92 Å². The maximum Gasteiger partial charge on any atom is 0.258 e. The van der Waals surface area contributed by atoms with Gasteiger partial charge in [0.15, 0.2) is 0 Å². The van der Waals surface area contributed by atoms with Gasteiger partial charge in [-0.1, -0.05) is 0 Å². The van der Waals surface area contributed by atoms with E-state index in [1.54, 1.807) is 12.4 Å². The second-order valence-electron chi connectivity index (χ2n) is 7.19. The summed E-state index contributed by atoms with van der Waals surface area (Å²) in [4.78, 5) is 25.8. The number of piperidine rings is 1. The molecule has 2 aromatic heterocycles. The molecule has 4 rings (SSSR count). The molecule has 4 heterocycles. The van der Waals surface area contributed by atoms with Gasteiger partial charge in [-0.3, -0.25) is 4.79 Å². The first-order valence-electron chi connectivity index (χ1n) is 9.17. The van der Waals surface area contributed by atoms with Crippen LogP contribution in [0.3, 0.4) is 0 Å². The monoisotopic (exact) mass is 359 g/mol. The summed E-state index contributed by atoms with van der Waals surface area (Å²) in [5.74, 6) is 1.32. The summed E-state index contributed by atoms with van der Waals surface area (Å²) in [6.07, 6.45) is 6.67. The van der Waals surface area contributed by atoms with Gasteiger partial charge in [0, 0.05) is 19.1 Å². The molecule has 6 nitrogen and oxygen atoms in total.